The Balaban J connectivity index is 0.00000312. The van der Waals surface area contributed by atoms with Gasteiger partial charge in [0.15, 0.2) is 5.96 Å². The number of esters is 1. The van der Waals surface area contributed by atoms with Crippen LogP contribution in [-0.4, -0.2) is 55.7 Å². The number of halogens is 1. The van der Waals surface area contributed by atoms with Crippen LogP contribution < -0.4 is 10.1 Å². The van der Waals surface area contributed by atoms with E-state index in [2.05, 4.69) is 15.2 Å². The maximum absolute atomic E-state index is 11.6. The van der Waals surface area contributed by atoms with E-state index < -0.39 is 0 Å². The van der Waals surface area contributed by atoms with Gasteiger partial charge in [0, 0.05) is 31.9 Å². The van der Waals surface area contributed by atoms with E-state index in [0.29, 0.717) is 12.4 Å². The Morgan fingerprint density at radius 1 is 1.40 bits per heavy atom. The lowest BCUT2D eigenvalue weighted by Crippen LogP contribution is -2.46. The molecular formula is C17H27IN4O3. The van der Waals surface area contributed by atoms with Gasteiger partial charge in [0.05, 0.1) is 26.7 Å². The van der Waals surface area contributed by atoms with Crippen LogP contribution in [0.1, 0.15) is 25.3 Å². The lowest BCUT2D eigenvalue weighted by Gasteiger charge is -2.33. The van der Waals surface area contributed by atoms with Crippen LogP contribution in [0.3, 0.4) is 0 Å². The average molecular weight is 462 g/mol. The highest BCUT2D eigenvalue weighted by atomic mass is 127. The molecule has 0 saturated carbocycles. The first kappa shape index (κ1) is 21.5. The third-order valence-electron chi connectivity index (χ3n) is 4.08. The predicted octanol–water partition coefficient (Wildman–Crippen LogP) is 2.06. The van der Waals surface area contributed by atoms with Gasteiger partial charge in [-0.15, -0.1) is 24.0 Å². The molecule has 0 bridgehead atoms. The number of nitrogens with one attached hydrogen (secondary N) is 1. The SMILES string of the molecule is CCNC(=NCc1ccnc(OC)c1)N1CCC(C(=O)OC)CC1.I. The zero-order valence-corrected chi connectivity index (χ0v) is 17.4. The van der Waals surface area contributed by atoms with Crippen LogP contribution in [0.4, 0.5) is 0 Å². The fourth-order valence-electron chi connectivity index (χ4n) is 2.75. The summed E-state index contributed by atoms with van der Waals surface area (Å²) in [6.45, 7) is 5.00. The largest absolute Gasteiger partial charge is 0.481 e. The van der Waals surface area contributed by atoms with Gasteiger partial charge in [0.2, 0.25) is 5.88 Å². The van der Waals surface area contributed by atoms with E-state index >= 15 is 0 Å². The van der Waals surface area contributed by atoms with Crippen molar-refractivity contribution in [2.24, 2.45) is 10.9 Å². The van der Waals surface area contributed by atoms with Crippen LogP contribution in [0, 0.1) is 5.92 Å². The Labute approximate surface area is 166 Å². The first-order valence-electron chi connectivity index (χ1n) is 8.28. The van der Waals surface area contributed by atoms with Gasteiger partial charge in [0.25, 0.3) is 0 Å². The number of likely N-dealkylation sites (tertiary alicyclic amines) is 1. The molecule has 0 aliphatic carbocycles. The summed E-state index contributed by atoms with van der Waals surface area (Å²) in [6.07, 6.45) is 3.30. The second kappa shape index (κ2) is 11.1. The van der Waals surface area contributed by atoms with Crippen LogP contribution in [0.2, 0.25) is 0 Å². The van der Waals surface area contributed by atoms with Crippen LogP contribution in [0.25, 0.3) is 0 Å². The molecule has 140 valence electrons. The Hall–Kier alpha value is -1.58. The molecule has 7 nitrogen and oxygen atoms in total. The highest BCUT2D eigenvalue weighted by Crippen LogP contribution is 2.18. The number of nitrogens with zero attached hydrogens (tertiary/aromatic N) is 3. The summed E-state index contributed by atoms with van der Waals surface area (Å²) in [4.78, 5) is 22.6. The normalized spacial score (nSPS) is 15.3. The number of rotatable bonds is 5. The molecule has 0 aromatic carbocycles. The average Bonchev–Trinajstić information content (AvgIpc) is 2.64. The molecule has 1 aromatic rings. The number of piperidine rings is 1. The summed E-state index contributed by atoms with van der Waals surface area (Å²) in [5.74, 6) is 1.35. The first-order chi connectivity index (χ1) is 11.7. The number of hydrogen-bond donors (Lipinski definition) is 1. The van der Waals surface area contributed by atoms with Crippen molar-refractivity contribution < 1.29 is 14.3 Å². The summed E-state index contributed by atoms with van der Waals surface area (Å²) in [5.41, 5.74) is 1.04. The third kappa shape index (κ3) is 6.33. The minimum atomic E-state index is -0.111. The zero-order chi connectivity index (χ0) is 17.4. The molecule has 1 aromatic heterocycles. The maximum atomic E-state index is 11.6. The minimum absolute atomic E-state index is 0. The van der Waals surface area contributed by atoms with Gasteiger partial charge in [-0.25, -0.2) is 9.98 Å². The molecule has 1 saturated heterocycles. The van der Waals surface area contributed by atoms with E-state index in [9.17, 15) is 4.79 Å². The van der Waals surface area contributed by atoms with Gasteiger partial charge in [-0.1, -0.05) is 0 Å². The van der Waals surface area contributed by atoms with Gasteiger partial charge < -0.3 is 19.7 Å². The second-order valence-electron chi connectivity index (χ2n) is 5.66. The molecule has 0 unspecified atom stereocenters. The van der Waals surface area contributed by atoms with Crippen molar-refractivity contribution >= 4 is 35.9 Å². The number of pyridine rings is 1. The predicted molar refractivity (Wildman–Crippen MR) is 107 cm³/mol. The highest BCUT2D eigenvalue weighted by molar-refractivity contribution is 14.0. The standard InChI is InChI=1S/C17H26N4O3.HI/c1-4-18-17(20-12-13-5-8-19-15(11-13)23-2)21-9-6-14(7-10-21)16(22)24-3;/h5,8,11,14H,4,6-7,9-10,12H2,1-3H3,(H,18,20);1H. The quantitative estimate of drug-likeness (QED) is 0.313. The van der Waals surface area contributed by atoms with Gasteiger partial charge in [-0.3, -0.25) is 4.79 Å². The summed E-state index contributed by atoms with van der Waals surface area (Å²) < 4.78 is 9.98. The molecule has 1 fully saturated rings. The Morgan fingerprint density at radius 2 is 2.12 bits per heavy atom. The highest BCUT2D eigenvalue weighted by Gasteiger charge is 2.26. The van der Waals surface area contributed by atoms with E-state index in [0.717, 1.165) is 44.0 Å². The number of guanidine groups is 1. The van der Waals surface area contributed by atoms with Crippen LogP contribution >= 0.6 is 24.0 Å². The molecule has 25 heavy (non-hydrogen) atoms. The molecule has 8 heteroatoms. The second-order valence-corrected chi connectivity index (χ2v) is 5.66. The van der Waals surface area contributed by atoms with Gasteiger partial charge in [-0.2, -0.15) is 0 Å². The number of carbonyl (C=O) groups excluding carboxylic acids is 1. The number of hydrogen-bond acceptors (Lipinski definition) is 5. The summed E-state index contributed by atoms with van der Waals surface area (Å²) in [5, 5.41) is 3.32. The Bertz CT molecular complexity index is 575. The Morgan fingerprint density at radius 3 is 2.72 bits per heavy atom. The van der Waals surface area contributed by atoms with Gasteiger partial charge in [-0.05, 0) is 31.4 Å². The maximum Gasteiger partial charge on any atom is 0.308 e. The molecule has 1 N–H and O–H groups in total. The van der Waals surface area contributed by atoms with Crippen LogP contribution in [0.5, 0.6) is 5.88 Å². The smallest absolute Gasteiger partial charge is 0.308 e. The molecule has 0 spiro atoms. The van der Waals surface area contributed by atoms with E-state index in [1.54, 1.807) is 13.3 Å². The molecule has 1 aliphatic rings. The lowest BCUT2D eigenvalue weighted by molar-refractivity contribution is -0.146. The summed E-state index contributed by atoms with van der Waals surface area (Å²) >= 11 is 0. The van der Waals surface area contributed by atoms with Crippen molar-refractivity contribution in [2.45, 2.75) is 26.3 Å². The number of carbonyl (C=O) groups is 1. The van der Waals surface area contributed by atoms with Crippen LogP contribution in [-0.2, 0) is 16.1 Å². The molecule has 0 amide bonds. The lowest BCUT2D eigenvalue weighted by atomic mass is 9.97. The zero-order valence-electron chi connectivity index (χ0n) is 15.0. The number of methoxy groups -OCH3 is 2. The summed E-state index contributed by atoms with van der Waals surface area (Å²) in [6, 6.07) is 3.82. The third-order valence-corrected chi connectivity index (χ3v) is 4.08. The molecular weight excluding hydrogens is 435 g/mol. The van der Waals surface area contributed by atoms with Gasteiger partial charge in [0.1, 0.15) is 0 Å². The molecule has 0 radical (unpaired) electrons. The monoisotopic (exact) mass is 462 g/mol. The van der Waals surface area contributed by atoms with E-state index in [-0.39, 0.29) is 35.9 Å². The van der Waals surface area contributed by atoms with Crippen molar-refractivity contribution in [1.82, 2.24) is 15.2 Å². The topological polar surface area (TPSA) is 76.1 Å². The fraction of sp³-hybridized carbons (Fsp3) is 0.588. The van der Waals surface area contributed by atoms with E-state index in [1.165, 1.54) is 7.11 Å². The van der Waals surface area contributed by atoms with Crippen LogP contribution in [0.15, 0.2) is 23.3 Å². The van der Waals surface area contributed by atoms with Crippen molar-refractivity contribution in [2.75, 3.05) is 33.9 Å². The number of ether oxygens (including phenoxy) is 2. The molecule has 1 aliphatic heterocycles. The summed E-state index contributed by atoms with van der Waals surface area (Å²) in [7, 11) is 3.05. The first-order valence-corrected chi connectivity index (χ1v) is 8.28. The minimum Gasteiger partial charge on any atom is -0.481 e. The fourth-order valence-corrected chi connectivity index (χ4v) is 2.75. The number of aliphatic imine (C=N–C) groups is 1. The molecule has 2 rings (SSSR count). The Kier molecular flexibility index (Phi) is 9.54. The van der Waals surface area contributed by atoms with E-state index in [1.807, 2.05) is 19.1 Å². The number of aromatic nitrogens is 1. The van der Waals surface area contributed by atoms with E-state index in [4.69, 9.17) is 14.5 Å². The van der Waals surface area contributed by atoms with Crippen molar-refractivity contribution in [3.63, 3.8) is 0 Å². The van der Waals surface area contributed by atoms with Gasteiger partial charge >= 0.3 is 5.97 Å². The molecule has 0 atom stereocenters. The van der Waals surface area contributed by atoms with Crippen molar-refractivity contribution in [1.29, 1.82) is 0 Å². The van der Waals surface area contributed by atoms with Crippen molar-refractivity contribution in [3.05, 3.63) is 23.9 Å². The molecule has 2 heterocycles. The van der Waals surface area contributed by atoms with Crippen molar-refractivity contribution in [3.8, 4) is 5.88 Å².